The fourth-order valence-corrected chi connectivity index (χ4v) is 2.80. The number of esters is 1. The third-order valence-corrected chi connectivity index (χ3v) is 4.15. The van der Waals surface area contributed by atoms with Crippen molar-refractivity contribution in [3.05, 3.63) is 57.9 Å². The van der Waals surface area contributed by atoms with Crippen LogP contribution in [0.3, 0.4) is 0 Å². The molecule has 2 aromatic rings. The summed E-state index contributed by atoms with van der Waals surface area (Å²) in [6, 6.07) is 6.67. The second kappa shape index (κ2) is 9.60. The summed E-state index contributed by atoms with van der Waals surface area (Å²) >= 11 is 0. The van der Waals surface area contributed by atoms with Gasteiger partial charge in [0.1, 0.15) is 12.3 Å². The summed E-state index contributed by atoms with van der Waals surface area (Å²) in [7, 11) is 0. The van der Waals surface area contributed by atoms with Gasteiger partial charge < -0.3 is 19.8 Å². The molecular weight excluding hydrogens is 389 g/mol. The van der Waals surface area contributed by atoms with Gasteiger partial charge in [-0.1, -0.05) is 24.3 Å². The molecule has 1 aromatic carbocycles. The molecule has 1 heterocycles. The molecule has 2 rings (SSSR count). The Morgan fingerprint density at radius 2 is 1.72 bits per heavy atom. The lowest BCUT2D eigenvalue weighted by molar-refractivity contribution is -0.176. The number of aromatic amines is 1. The van der Waals surface area contributed by atoms with Crippen molar-refractivity contribution in [2.45, 2.75) is 40.1 Å². The van der Waals surface area contributed by atoms with E-state index in [1.165, 1.54) is 0 Å². The molecule has 2 N–H and O–H groups in total. The number of carbonyl (C=O) groups excluding carboxylic acids is 2. The Labute approximate surface area is 166 Å². The first-order valence-electron chi connectivity index (χ1n) is 8.99. The Balaban J connectivity index is 1.94. The van der Waals surface area contributed by atoms with E-state index >= 15 is 0 Å². The quantitative estimate of drug-likeness (QED) is 0.646. The molecule has 1 aromatic heterocycles. The van der Waals surface area contributed by atoms with Crippen LogP contribution in [-0.4, -0.2) is 36.3 Å². The maximum atomic E-state index is 12.5. The summed E-state index contributed by atoms with van der Waals surface area (Å²) in [6.45, 7) is 4.07. The van der Waals surface area contributed by atoms with E-state index in [0.717, 1.165) is 5.56 Å². The molecule has 0 radical (unpaired) electrons. The number of benzene rings is 1. The summed E-state index contributed by atoms with van der Waals surface area (Å²) in [5.74, 6) is -0.861. The standard InChI is InChI=1S/C20H23F3N2O4/c1-4-29-19(27)16-12(2)17(25-13(16)3)18(26)24-9-14-5-7-15(8-6-14)10-28-11-20(21,22)23/h5-8,25H,4,9-11H2,1-3H3,(H,24,26). The van der Waals surface area contributed by atoms with Gasteiger partial charge in [-0.2, -0.15) is 13.2 Å². The molecule has 0 saturated carbocycles. The van der Waals surface area contributed by atoms with Crippen molar-refractivity contribution < 1.29 is 32.2 Å². The first-order chi connectivity index (χ1) is 13.6. The van der Waals surface area contributed by atoms with Gasteiger partial charge in [0.15, 0.2) is 0 Å². The van der Waals surface area contributed by atoms with Crippen molar-refractivity contribution in [3.63, 3.8) is 0 Å². The molecular formula is C20H23F3N2O4. The third kappa shape index (κ3) is 6.35. The topological polar surface area (TPSA) is 80.4 Å². The van der Waals surface area contributed by atoms with Crippen LogP contribution < -0.4 is 5.32 Å². The van der Waals surface area contributed by atoms with Crippen LogP contribution in [-0.2, 0) is 22.6 Å². The maximum absolute atomic E-state index is 12.5. The second-order valence-electron chi connectivity index (χ2n) is 6.45. The number of halogens is 3. The van der Waals surface area contributed by atoms with E-state index < -0.39 is 18.8 Å². The summed E-state index contributed by atoms with van der Waals surface area (Å²) < 4.78 is 45.9. The number of aromatic nitrogens is 1. The predicted octanol–water partition coefficient (Wildman–Crippen LogP) is 3.82. The highest BCUT2D eigenvalue weighted by Gasteiger charge is 2.27. The van der Waals surface area contributed by atoms with Gasteiger partial charge in [0, 0.05) is 12.2 Å². The summed E-state index contributed by atoms with van der Waals surface area (Å²) in [6.07, 6.45) is -4.36. The number of hydrogen-bond donors (Lipinski definition) is 2. The van der Waals surface area contributed by atoms with Crippen molar-refractivity contribution in [1.29, 1.82) is 0 Å². The molecule has 0 aliphatic carbocycles. The normalized spacial score (nSPS) is 11.4. The van der Waals surface area contributed by atoms with E-state index in [0.29, 0.717) is 22.4 Å². The molecule has 0 unspecified atom stereocenters. The molecule has 158 valence electrons. The molecule has 6 nitrogen and oxygen atoms in total. The van der Waals surface area contributed by atoms with Crippen LogP contribution in [0.1, 0.15) is 50.2 Å². The van der Waals surface area contributed by atoms with Crippen LogP contribution in [0.2, 0.25) is 0 Å². The fraction of sp³-hybridized carbons (Fsp3) is 0.400. The molecule has 1 amide bonds. The monoisotopic (exact) mass is 412 g/mol. The molecule has 0 fully saturated rings. The fourth-order valence-electron chi connectivity index (χ4n) is 2.80. The van der Waals surface area contributed by atoms with E-state index in [-0.39, 0.29) is 31.4 Å². The van der Waals surface area contributed by atoms with Crippen molar-refractivity contribution in [3.8, 4) is 0 Å². The Morgan fingerprint density at radius 1 is 1.10 bits per heavy atom. The smallest absolute Gasteiger partial charge is 0.411 e. The van der Waals surface area contributed by atoms with Crippen LogP contribution >= 0.6 is 0 Å². The van der Waals surface area contributed by atoms with Gasteiger partial charge in [0.2, 0.25) is 0 Å². The van der Waals surface area contributed by atoms with E-state index in [1.54, 1.807) is 45.0 Å². The van der Waals surface area contributed by atoms with E-state index in [2.05, 4.69) is 15.0 Å². The van der Waals surface area contributed by atoms with Crippen molar-refractivity contribution in [2.75, 3.05) is 13.2 Å². The average molecular weight is 412 g/mol. The van der Waals surface area contributed by atoms with Gasteiger partial charge >= 0.3 is 12.1 Å². The second-order valence-corrected chi connectivity index (χ2v) is 6.45. The first-order valence-corrected chi connectivity index (χ1v) is 8.99. The molecule has 0 bridgehead atoms. The van der Waals surface area contributed by atoms with Gasteiger partial charge in [-0.25, -0.2) is 4.79 Å². The number of ether oxygens (including phenoxy) is 2. The lowest BCUT2D eigenvalue weighted by Gasteiger charge is -2.09. The molecule has 29 heavy (non-hydrogen) atoms. The zero-order valence-electron chi connectivity index (χ0n) is 16.4. The zero-order valence-corrected chi connectivity index (χ0v) is 16.4. The number of rotatable bonds is 8. The molecule has 0 atom stereocenters. The van der Waals surface area contributed by atoms with Crippen molar-refractivity contribution in [2.24, 2.45) is 0 Å². The van der Waals surface area contributed by atoms with Crippen molar-refractivity contribution in [1.82, 2.24) is 10.3 Å². The number of nitrogens with one attached hydrogen (secondary N) is 2. The van der Waals surface area contributed by atoms with Gasteiger partial charge in [0.05, 0.1) is 18.8 Å². The van der Waals surface area contributed by atoms with Gasteiger partial charge in [0.25, 0.3) is 5.91 Å². The predicted molar refractivity (Wildman–Crippen MR) is 99.5 cm³/mol. The highest BCUT2D eigenvalue weighted by molar-refractivity contribution is 6.00. The highest BCUT2D eigenvalue weighted by Crippen LogP contribution is 2.19. The minimum Gasteiger partial charge on any atom is -0.462 e. The van der Waals surface area contributed by atoms with Crippen molar-refractivity contribution >= 4 is 11.9 Å². The summed E-state index contributed by atoms with van der Waals surface area (Å²) in [5.41, 5.74) is 3.05. The van der Waals surface area contributed by atoms with E-state index in [9.17, 15) is 22.8 Å². The Kier molecular flexibility index (Phi) is 7.44. The number of hydrogen-bond acceptors (Lipinski definition) is 4. The number of amides is 1. The van der Waals surface area contributed by atoms with Gasteiger partial charge in [-0.05, 0) is 37.5 Å². The summed E-state index contributed by atoms with van der Waals surface area (Å²) in [4.78, 5) is 27.4. The molecule has 0 aliphatic heterocycles. The molecule has 0 saturated heterocycles. The van der Waals surface area contributed by atoms with Crippen LogP contribution in [0.4, 0.5) is 13.2 Å². The molecule has 0 aliphatic rings. The minimum atomic E-state index is -4.36. The number of aryl methyl sites for hydroxylation is 1. The Bertz CT molecular complexity index is 858. The van der Waals surface area contributed by atoms with Crippen LogP contribution in [0, 0.1) is 13.8 Å². The maximum Gasteiger partial charge on any atom is 0.411 e. The largest absolute Gasteiger partial charge is 0.462 e. The average Bonchev–Trinajstić information content (AvgIpc) is 2.94. The number of alkyl halides is 3. The van der Waals surface area contributed by atoms with E-state index in [4.69, 9.17) is 4.74 Å². The SMILES string of the molecule is CCOC(=O)c1c(C)[nH]c(C(=O)NCc2ccc(COCC(F)(F)F)cc2)c1C. The highest BCUT2D eigenvalue weighted by atomic mass is 19.4. The molecule has 9 heteroatoms. The number of H-pyrrole nitrogens is 1. The summed E-state index contributed by atoms with van der Waals surface area (Å²) in [5, 5.41) is 2.75. The van der Waals surface area contributed by atoms with E-state index in [1.807, 2.05) is 0 Å². The van der Waals surface area contributed by atoms with Gasteiger partial charge in [-0.15, -0.1) is 0 Å². The van der Waals surface area contributed by atoms with Crippen LogP contribution in [0.15, 0.2) is 24.3 Å². The lowest BCUT2D eigenvalue weighted by atomic mass is 10.1. The van der Waals surface area contributed by atoms with Crippen LogP contribution in [0.25, 0.3) is 0 Å². The Morgan fingerprint density at radius 3 is 2.31 bits per heavy atom. The molecule has 0 spiro atoms. The Hall–Kier alpha value is -2.81. The van der Waals surface area contributed by atoms with Gasteiger partial charge in [-0.3, -0.25) is 4.79 Å². The zero-order chi connectivity index (χ0) is 21.6. The van der Waals surface area contributed by atoms with Crippen LogP contribution in [0.5, 0.6) is 0 Å². The third-order valence-electron chi connectivity index (χ3n) is 4.15. The lowest BCUT2D eigenvalue weighted by Crippen LogP contribution is -2.24. The first kappa shape index (κ1) is 22.5. The number of carbonyl (C=O) groups is 2. The minimum absolute atomic E-state index is 0.149.